The van der Waals surface area contributed by atoms with Gasteiger partial charge in [0.15, 0.2) is 0 Å². The van der Waals surface area contributed by atoms with Gasteiger partial charge in [-0.05, 0) is 25.8 Å². The molecule has 2 heterocycles. The zero-order valence-corrected chi connectivity index (χ0v) is 16.3. The summed E-state index contributed by atoms with van der Waals surface area (Å²) in [7, 11) is 0. The minimum Gasteiger partial charge on any atom is -0.395 e. The van der Waals surface area contributed by atoms with Gasteiger partial charge in [0.2, 0.25) is 5.95 Å². The van der Waals surface area contributed by atoms with Crippen molar-refractivity contribution < 1.29 is 20.1 Å². The van der Waals surface area contributed by atoms with E-state index >= 15 is 0 Å². The molecule has 2 atom stereocenters. The Bertz CT molecular complexity index is 877. The summed E-state index contributed by atoms with van der Waals surface area (Å²) < 4.78 is 0. The molecule has 0 aliphatic heterocycles. The summed E-state index contributed by atoms with van der Waals surface area (Å²) in [5, 5.41) is 34.4. The first kappa shape index (κ1) is 20.2. The highest BCUT2D eigenvalue weighted by molar-refractivity contribution is 5.96. The van der Waals surface area contributed by atoms with Gasteiger partial charge < -0.3 is 30.9 Å². The van der Waals surface area contributed by atoms with Crippen LogP contribution in [0, 0.1) is 13.8 Å². The van der Waals surface area contributed by atoms with Crippen LogP contribution in [0.15, 0.2) is 6.20 Å². The highest BCUT2D eigenvalue weighted by Gasteiger charge is 2.52. The first-order valence-electron chi connectivity index (χ1n) is 9.38. The Morgan fingerprint density at radius 3 is 2.68 bits per heavy atom. The SMILES string of the molecule is CCC1(Nc2ncc(CO)c(-c3c(C)[nH]c(C(=O)NCCO)c3C)n2)CC1O. The van der Waals surface area contributed by atoms with Crippen LogP contribution in [0.1, 0.15) is 47.1 Å². The minimum atomic E-state index is -0.431. The largest absolute Gasteiger partial charge is 0.395 e. The van der Waals surface area contributed by atoms with Crippen molar-refractivity contribution in [1.82, 2.24) is 20.3 Å². The van der Waals surface area contributed by atoms with E-state index in [1.807, 2.05) is 13.8 Å². The number of anilines is 1. The van der Waals surface area contributed by atoms with E-state index in [2.05, 4.69) is 25.6 Å². The van der Waals surface area contributed by atoms with E-state index < -0.39 is 11.6 Å². The molecule has 3 rings (SSSR count). The number of nitrogens with zero attached hydrogens (tertiary/aromatic N) is 2. The third-order valence-electron chi connectivity index (χ3n) is 5.36. The van der Waals surface area contributed by atoms with Gasteiger partial charge in [0, 0.05) is 36.0 Å². The number of aliphatic hydroxyl groups excluding tert-OH is 3. The maximum absolute atomic E-state index is 12.3. The quantitative estimate of drug-likeness (QED) is 0.388. The lowest BCUT2D eigenvalue weighted by atomic mass is 10.0. The molecule has 0 aromatic carbocycles. The number of aliphatic hydroxyl groups is 3. The summed E-state index contributed by atoms with van der Waals surface area (Å²) in [5.74, 6) is 0.0572. The lowest BCUT2D eigenvalue weighted by Gasteiger charge is -2.17. The van der Waals surface area contributed by atoms with Gasteiger partial charge >= 0.3 is 0 Å². The summed E-state index contributed by atoms with van der Waals surface area (Å²) in [6.07, 6.45) is 2.51. The number of rotatable bonds is 8. The Morgan fingerprint density at radius 2 is 2.11 bits per heavy atom. The summed E-state index contributed by atoms with van der Waals surface area (Å²) in [5.41, 5.74) is 3.22. The van der Waals surface area contributed by atoms with Crippen molar-refractivity contribution in [2.24, 2.45) is 0 Å². The number of aryl methyl sites for hydroxylation is 1. The first-order chi connectivity index (χ1) is 13.4. The van der Waals surface area contributed by atoms with E-state index in [0.29, 0.717) is 34.9 Å². The maximum atomic E-state index is 12.3. The molecule has 0 spiro atoms. The van der Waals surface area contributed by atoms with Gasteiger partial charge in [-0.2, -0.15) is 0 Å². The average molecular weight is 389 g/mol. The van der Waals surface area contributed by atoms with Crippen LogP contribution in [-0.4, -0.2) is 61.0 Å². The van der Waals surface area contributed by atoms with E-state index in [9.17, 15) is 15.0 Å². The number of H-pyrrole nitrogens is 1. The van der Waals surface area contributed by atoms with E-state index in [1.54, 1.807) is 13.1 Å². The van der Waals surface area contributed by atoms with Gasteiger partial charge in [-0.25, -0.2) is 9.97 Å². The van der Waals surface area contributed by atoms with Crippen molar-refractivity contribution in [3.8, 4) is 11.3 Å². The van der Waals surface area contributed by atoms with Crippen LogP contribution in [0.3, 0.4) is 0 Å². The van der Waals surface area contributed by atoms with Crippen LogP contribution in [0.5, 0.6) is 0 Å². The van der Waals surface area contributed by atoms with Crippen LogP contribution < -0.4 is 10.6 Å². The molecule has 28 heavy (non-hydrogen) atoms. The predicted octanol–water partition coefficient (Wildman–Crippen LogP) is 0.628. The third-order valence-corrected chi connectivity index (χ3v) is 5.36. The monoisotopic (exact) mass is 389 g/mol. The number of aromatic amines is 1. The highest BCUT2D eigenvalue weighted by Crippen LogP contribution is 2.42. The minimum absolute atomic E-state index is 0.141. The number of aromatic nitrogens is 3. The van der Waals surface area contributed by atoms with Crippen molar-refractivity contribution in [2.75, 3.05) is 18.5 Å². The van der Waals surface area contributed by atoms with Gasteiger partial charge in [-0.3, -0.25) is 4.79 Å². The topological polar surface area (TPSA) is 143 Å². The van der Waals surface area contributed by atoms with E-state index in [-0.39, 0.29) is 25.7 Å². The fourth-order valence-electron chi connectivity index (χ4n) is 3.50. The lowest BCUT2D eigenvalue weighted by molar-refractivity contribution is 0.0939. The molecule has 0 saturated heterocycles. The smallest absolute Gasteiger partial charge is 0.268 e. The second-order valence-corrected chi connectivity index (χ2v) is 7.18. The fraction of sp³-hybridized carbons (Fsp3) is 0.526. The molecule has 0 bridgehead atoms. The molecule has 1 amide bonds. The van der Waals surface area contributed by atoms with Crippen molar-refractivity contribution >= 4 is 11.9 Å². The summed E-state index contributed by atoms with van der Waals surface area (Å²) >= 11 is 0. The van der Waals surface area contributed by atoms with Crippen molar-refractivity contribution in [3.63, 3.8) is 0 Å². The number of hydrogen-bond donors (Lipinski definition) is 6. The van der Waals surface area contributed by atoms with E-state index in [4.69, 9.17) is 5.11 Å². The molecule has 6 N–H and O–H groups in total. The third kappa shape index (κ3) is 3.60. The molecule has 1 aliphatic carbocycles. The molecule has 9 heteroatoms. The molecule has 1 aliphatic rings. The van der Waals surface area contributed by atoms with Gasteiger partial charge in [0.05, 0.1) is 30.6 Å². The molecule has 9 nitrogen and oxygen atoms in total. The molecule has 152 valence electrons. The fourth-order valence-corrected chi connectivity index (χ4v) is 3.50. The number of nitrogens with one attached hydrogen (secondary N) is 3. The van der Waals surface area contributed by atoms with Crippen LogP contribution in [-0.2, 0) is 6.61 Å². The molecule has 2 unspecified atom stereocenters. The van der Waals surface area contributed by atoms with Crippen molar-refractivity contribution in [3.05, 3.63) is 28.7 Å². The van der Waals surface area contributed by atoms with E-state index in [1.165, 1.54) is 0 Å². The number of hydrogen-bond acceptors (Lipinski definition) is 7. The van der Waals surface area contributed by atoms with Gasteiger partial charge in [-0.15, -0.1) is 0 Å². The van der Waals surface area contributed by atoms with Gasteiger partial charge in [-0.1, -0.05) is 6.92 Å². The molecule has 1 fully saturated rings. The Hall–Kier alpha value is -2.49. The Labute approximate surface area is 163 Å². The zero-order chi connectivity index (χ0) is 20.5. The van der Waals surface area contributed by atoms with Crippen molar-refractivity contribution in [1.29, 1.82) is 0 Å². The number of carbonyl (C=O) groups is 1. The average Bonchev–Trinajstić information content (AvgIpc) is 3.22. The second kappa shape index (κ2) is 7.86. The van der Waals surface area contributed by atoms with Gasteiger partial charge in [0.25, 0.3) is 5.91 Å². The van der Waals surface area contributed by atoms with Crippen LogP contribution in [0.2, 0.25) is 0 Å². The molecular formula is C19H27N5O4. The molecule has 1 saturated carbocycles. The lowest BCUT2D eigenvalue weighted by Crippen LogP contribution is -2.27. The Balaban J connectivity index is 1.99. The van der Waals surface area contributed by atoms with Crippen LogP contribution in [0.4, 0.5) is 5.95 Å². The van der Waals surface area contributed by atoms with E-state index in [0.717, 1.165) is 17.7 Å². The number of carbonyl (C=O) groups excluding carboxylic acids is 1. The number of amides is 1. The predicted molar refractivity (Wildman–Crippen MR) is 104 cm³/mol. The Morgan fingerprint density at radius 1 is 1.39 bits per heavy atom. The zero-order valence-electron chi connectivity index (χ0n) is 16.3. The normalized spacial score (nSPS) is 20.9. The second-order valence-electron chi connectivity index (χ2n) is 7.18. The summed E-state index contributed by atoms with van der Waals surface area (Å²) in [6, 6.07) is 0. The maximum Gasteiger partial charge on any atom is 0.268 e. The molecular weight excluding hydrogens is 362 g/mol. The van der Waals surface area contributed by atoms with Crippen molar-refractivity contribution in [2.45, 2.75) is 51.9 Å². The summed E-state index contributed by atoms with van der Waals surface area (Å²) in [6.45, 7) is 5.41. The highest BCUT2D eigenvalue weighted by atomic mass is 16.3. The first-order valence-corrected chi connectivity index (χ1v) is 9.38. The van der Waals surface area contributed by atoms with Gasteiger partial charge in [0.1, 0.15) is 5.69 Å². The molecule has 2 aromatic heterocycles. The Kier molecular flexibility index (Phi) is 5.69. The standard InChI is InChI=1S/C19H27N5O4/c1-4-19(7-13(19)27)24-18-21-8-12(9-26)16(23-18)14-10(2)15(22-11(14)3)17(28)20-5-6-25/h8,13,22,25-27H,4-7,9H2,1-3H3,(H,20,28)(H,21,23,24). The summed E-state index contributed by atoms with van der Waals surface area (Å²) in [4.78, 5) is 24.3. The van der Waals surface area contributed by atoms with Crippen LogP contribution >= 0.6 is 0 Å². The van der Waals surface area contributed by atoms with Crippen LogP contribution in [0.25, 0.3) is 11.3 Å². The molecule has 0 radical (unpaired) electrons. The molecule has 2 aromatic rings.